The van der Waals surface area contributed by atoms with Gasteiger partial charge in [-0.05, 0) is 19.1 Å². The van der Waals surface area contributed by atoms with E-state index < -0.39 is 0 Å². The van der Waals surface area contributed by atoms with Gasteiger partial charge in [0.05, 0.1) is 5.57 Å². The first-order valence-corrected chi connectivity index (χ1v) is 5.52. The van der Waals surface area contributed by atoms with Gasteiger partial charge >= 0.3 is 5.97 Å². The first kappa shape index (κ1) is 11.5. The highest BCUT2D eigenvalue weighted by atomic mass is 16.5. The molecule has 0 saturated carbocycles. The van der Waals surface area contributed by atoms with Gasteiger partial charge in [-0.3, -0.25) is 0 Å². The molecule has 0 bridgehead atoms. The average Bonchev–Trinajstić information content (AvgIpc) is 2.38. The molecule has 0 saturated heterocycles. The lowest BCUT2D eigenvalue weighted by molar-refractivity contribution is -0.138. The minimum absolute atomic E-state index is 0.270. The van der Waals surface area contributed by atoms with Gasteiger partial charge in [0.25, 0.3) is 0 Å². The minimum Gasteiger partial charge on any atom is -0.488 e. The Kier molecular flexibility index (Phi) is 3.60. The van der Waals surface area contributed by atoms with E-state index in [4.69, 9.17) is 9.47 Å². The molecule has 1 aliphatic heterocycles. The fraction of sp³-hybridized carbons (Fsp3) is 0.214. The number of benzene rings is 1. The molecule has 1 heterocycles. The number of hydrogen-bond acceptors (Lipinski definition) is 3. The Morgan fingerprint density at radius 3 is 3.12 bits per heavy atom. The highest BCUT2D eigenvalue weighted by molar-refractivity contribution is 5.95. The Bertz CT molecular complexity index is 472. The van der Waals surface area contributed by atoms with Crippen LogP contribution in [0.2, 0.25) is 0 Å². The molecular formula is C14H14O3. The van der Waals surface area contributed by atoms with Gasteiger partial charge in [-0.15, -0.1) is 0 Å². The van der Waals surface area contributed by atoms with Gasteiger partial charge in [0.2, 0.25) is 0 Å². The van der Waals surface area contributed by atoms with Gasteiger partial charge in [-0.25, -0.2) is 4.79 Å². The van der Waals surface area contributed by atoms with Crippen molar-refractivity contribution in [3.63, 3.8) is 0 Å². The molecular weight excluding hydrogens is 216 g/mol. The summed E-state index contributed by atoms with van der Waals surface area (Å²) >= 11 is 0. The summed E-state index contributed by atoms with van der Waals surface area (Å²) in [6.45, 7) is 2.45. The maximum atomic E-state index is 11.7. The zero-order valence-electron chi connectivity index (χ0n) is 9.68. The molecule has 2 rings (SSSR count). The SMILES string of the molecule is C/C=C/COC(=O)C1=Cc2ccccc2OC1. The van der Waals surface area contributed by atoms with Crippen LogP contribution in [0, 0.1) is 0 Å². The lowest BCUT2D eigenvalue weighted by Crippen LogP contribution is -2.17. The van der Waals surface area contributed by atoms with E-state index in [2.05, 4.69) is 0 Å². The highest BCUT2D eigenvalue weighted by Gasteiger charge is 2.17. The van der Waals surface area contributed by atoms with Crippen molar-refractivity contribution >= 4 is 12.0 Å². The third-order valence-corrected chi connectivity index (χ3v) is 2.44. The molecule has 0 fully saturated rings. The van der Waals surface area contributed by atoms with Crippen LogP contribution in [0.15, 0.2) is 42.0 Å². The van der Waals surface area contributed by atoms with Crippen molar-refractivity contribution in [2.75, 3.05) is 13.2 Å². The van der Waals surface area contributed by atoms with Crippen molar-refractivity contribution in [2.24, 2.45) is 0 Å². The van der Waals surface area contributed by atoms with E-state index in [1.165, 1.54) is 0 Å². The average molecular weight is 230 g/mol. The Balaban J connectivity index is 2.09. The van der Waals surface area contributed by atoms with Crippen molar-refractivity contribution in [3.05, 3.63) is 47.6 Å². The fourth-order valence-electron chi connectivity index (χ4n) is 1.55. The number of hydrogen-bond donors (Lipinski definition) is 0. The lowest BCUT2D eigenvalue weighted by atomic mass is 10.1. The number of carbonyl (C=O) groups excluding carboxylic acids is 1. The van der Waals surface area contributed by atoms with Gasteiger partial charge in [-0.2, -0.15) is 0 Å². The Labute approximate surface area is 100 Å². The van der Waals surface area contributed by atoms with Gasteiger partial charge in [0, 0.05) is 5.56 Å². The Hall–Kier alpha value is -2.03. The van der Waals surface area contributed by atoms with E-state index in [1.807, 2.05) is 43.3 Å². The molecule has 0 unspecified atom stereocenters. The monoisotopic (exact) mass is 230 g/mol. The first-order valence-electron chi connectivity index (χ1n) is 5.52. The summed E-state index contributed by atoms with van der Waals surface area (Å²) in [5, 5.41) is 0. The van der Waals surface area contributed by atoms with Crippen molar-refractivity contribution in [1.29, 1.82) is 0 Å². The molecule has 0 N–H and O–H groups in total. The van der Waals surface area contributed by atoms with Crippen molar-refractivity contribution in [3.8, 4) is 5.75 Å². The second kappa shape index (κ2) is 5.34. The predicted octanol–water partition coefficient (Wildman–Crippen LogP) is 2.58. The number of allylic oxidation sites excluding steroid dienone is 1. The van der Waals surface area contributed by atoms with Crippen LogP contribution in [-0.2, 0) is 9.53 Å². The number of fused-ring (bicyclic) bond motifs is 1. The second-order valence-corrected chi connectivity index (χ2v) is 3.66. The van der Waals surface area contributed by atoms with Gasteiger partial charge in [0.15, 0.2) is 0 Å². The summed E-state index contributed by atoms with van der Waals surface area (Å²) < 4.78 is 10.5. The third kappa shape index (κ3) is 2.75. The molecule has 1 aliphatic rings. The van der Waals surface area contributed by atoms with Crippen LogP contribution < -0.4 is 4.74 Å². The molecule has 3 heteroatoms. The summed E-state index contributed by atoms with van der Waals surface area (Å²) in [5.41, 5.74) is 1.46. The first-order chi connectivity index (χ1) is 8.31. The lowest BCUT2D eigenvalue weighted by Gasteiger charge is -2.16. The van der Waals surface area contributed by atoms with Crippen LogP contribution >= 0.6 is 0 Å². The molecule has 1 aromatic carbocycles. The van der Waals surface area contributed by atoms with Crippen LogP contribution in [0.5, 0.6) is 5.75 Å². The van der Waals surface area contributed by atoms with E-state index in [0.717, 1.165) is 11.3 Å². The van der Waals surface area contributed by atoms with E-state index >= 15 is 0 Å². The molecule has 0 aliphatic carbocycles. The number of para-hydroxylation sites is 1. The molecule has 0 amide bonds. The predicted molar refractivity (Wildman–Crippen MR) is 65.7 cm³/mol. The van der Waals surface area contributed by atoms with Crippen LogP contribution in [0.3, 0.4) is 0 Å². The Morgan fingerprint density at radius 2 is 2.29 bits per heavy atom. The van der Waals surface area contributed by atoms with Crippen molar-refractivity contribution < 1.29 is 14.3 Å². The molecule has 3 nitrogen and oxygen atoms in total. The van der Waals surface area contributed by atoms with Gasteiger partial charge in [-0.1, -0.05) is 30.4 Å². The summed E-state index contributed by atoms with van der Waals surface area (Å²) in [5.74, 6) is 0.482. The van der Waals surface area contributed by atoms with Crippen LogP contribution in [0.25, 0.3) is 6.08 Å². The third-order valence-electron chi connectivity index (χ3n) is 2.44. The molecule has 0 radical (unpaired) electrons. The zero-order chi connectivity index (χ0) is 12.1. The van der Waals surface area contributed by atoms with E-state index in [-0.39, 0.29) is 12.6 Å². The number of carbonyl (C=O) groups is 1. The quantitative estimate of drug-likeness (QED) is 0.591. The van der Waals surface area contributed by atoms with Crippen LogP contribution in [-0.4, -0.2) is 19.2 Å². The highest BCUT2D eigenvalue weighted by Crippen LogP contribution is 2.25. The molecule has 0 atom stereocenters. The topological polar surface area (TPSA) is 35.5 Å². The normalized spacial score (nSPS) is 13.8. The van der Waals surface area contributed by atoms with Crippen molar-refractivity contribution in [1.82, 2.24) is 0 Å². The number of rotatable bonds is 3. The fourth-order valence-corrected chi connectivity index (χ4v) is 1.55. The summed E-state index contributed by atoms with van der Waals surface area (Å²) in [6.07, 6.45) is 5.45. The van der Waals surface area contributed by atoms with Gasteiger partial charge in [0.1, 0.15) is 19.0 Å². The van der Waals surface area contributed by atoms with Gasteiger partial charge < -0.3 is 9.47 Å². The maximum Gasteiger partial charge on any atom is 0.337 e. The minimum atomic E-state index is -0.322. The van der Waals surface area contributed by atoms with Crippen LogP contribution in [0.4, 0.5) is 0 Å². The van der Waals surface area contributed by atoms with E-state index in [9.17, 15) is 4.79 Å². The van der Waals surface area contributed by atoms with Crippen molar-refractivity contribution in [2.45, 2.75) is 6.92 Å². The van der Waals surface area contributed by atoms with E-state index in [0.29, 0.717) is 12.2 Å². The summed E-state index contributed by atoms with van der Waals surface area (Å²) in [7, 11) is 0. The molecule has 0 spiro atoms. The largest absolute Gasteiger partial charge is 0.488 e. The second-order valence-electron chi connectivity index (χ2n) is 3.66. The Morgan fingerprint density at radius 1 is 1.47 bits per heavy atom. The summed E-state index contributed by atoms with van der Waals surface area (Å²) in [6, 6.07) is 7.61. The molecule has 17 heavy (non-hydrogen) atoms. The molecule has 0 aromatic heterocycles. The smallest absolute Gasteiger partial charge is 0.337 e. The number of esters is 1. The summed E-state index contributed by atoms with van der Waals surface area (Å²) in [4.78, 5) is 11.7. The molecule has 1 aromatic rings. The number of ether oxygens (including phenoxy) is 2. The standard InChI is InChI=1S/C14H14O3/c1-2-3-8-16-14(15)12-9-11-6-4-5-7-13(11)17-10-12/h2-7,9H,8,10H2,1H3/b3-2+. The maximum absolute atomic E-state index is 11.7. The van der Waals surface area contributed by atoms with Crippen LogP contribution in [0.1, 0.15) is 12.5 Å². The molecule has 88 valence electrons. The zero-order valence-corrected chi connectivity index (χ0v) is 9.68. The van der Waals surface area contributed by atoms with E-state index in [1.54, 1.807) is 6.08 Å².